The molecule has 0 spiro atoms. The molecule has 1 fully saturated rings. The Labute approximate surface area is 82.6 Å². The maximum absolute atomic E-state index is 11.0. The fraction of sp³-hybridized carbons (Fsp3) is 1.00. The zero-order valence-electron chi connectivity index (χ0n) is 8.51. The summed E-state index contributed by atoms with van der Waals surface area (Å²) in [5, 5.41) is 29.2. The van der Waals surface area contributed by atoms with Gasteiger partial charge in [0.05, 0.1) is 11.6 Å². The predicted octanol–water partition coefficient (Wildman–Crippen LogP) is 0.0763. The number of rotatable bonds is 2. The van der Waals surface area contributed by atoms with Crippen molar-refractivity contribution in [2.24, 2.45) is 0 Å². The minimum absolute atomic E-state index is 0.00977. The number of aliphatic hydroxyl groups is 1. The number of aliphatic hydroxyl groups excluding tert-OH is 1. The van der Waals surface area contributed by atoms with Crippen molar-refractivity contribution in [1.82, 2.24) is 5.23 Å². The molecule has 1 aliphatic rings. The van der Waals surface area contributed by atoms with E-state index in [0.717, 1.165) is 0 Å². The van der Waals surface area contributed by atoms with Crippen molar-refractivity contribution >= 4 is 0 Å². The van der Waals surface area contributed by atoms with Crippen molar-refractivity contribution in [2.45, 2.75) is 44.3 Å². The van der Waals surface area contributed by atoms with Gasteiger partial charge in [0.15, 0.2) is 6.29 Å². The molecule has 1 rings (SSSR count). The van der Waals surface area contributed by atoms with Crippen LogP contribution in [0.3, 0.4) is 0 Å². The van der Waals surface area contributed by atoms with Crippen LogP contribution >= 0.6 is 0 Å². The Hall–Kier alpha value is -0.240. The Morgan fingerprint density at radius 1 is 1.64 bits per heavy atom. The van der Waals surface area contributed by atoms with Crippen LogP contribution in [-0.2, 0) is 9.47 Å². The van der Waals surface area contributed by atoms with Crippen LogP contribution in [0.25, 0.3) is 0 Å². The molecule has 0 radical (unpaired) electrons. The van der Waals surface area contributed by atoms with E-state index in [0.29, 0.717) is 0 Å². The van der Waals surface area contributed by atoms with Crippen LogP contribution in [0.2, 0.25) is 0 Å². The fourth-order valence-electron chi connectivity index (χ4n) is 1.98. The van der Waals surface area contributed by atoms with Crippen LogP contribution in [0.1, 0.15) is 20.3 Å². The lowest BCUT2D eigenvalue weighted by molar-refractivity contribution is -0.280. The molecular weight excluding hydrogens is 190 g/mol. The molecule has 6 heteroatoms. The molecule has 1 aliphatic heterocycles. The van der Waals surface area contributed by atoms with Gasteiger partial charge in [0.1, 0.15) is 6.10 Å². The first-order valence-corrected chi connectivity index (χ1v) is 4.44. The topological polar surface area (TPSA) is 85.2 Å². The number of ether oxygens (including phenoxy) is 2. The molecule has 0 aromatic heterocycles. The lowest BCUT2D eigenvalue weighted by Crippen LogP contribution is -2.61. The molecule has 0 amide bonds. The van der Waals surface area contributed by atoms with Gasteiger partial charge in [-0.05, 0) is 13.8 Å². The summed E-state index contributed by atoms with van der Waals surface area (Å²) >= 11 is 0. The van der Waals surface area contributed by atoms with Crippen molar-refractivity contribution in [3.63, 3.8) is 0 Å². The monoisotopic (exact) mass is 206 g/mol. The first kappa shape index (κ1) is 11.8. The van der Waals surface area contributed by atoms with Crippen molar-refractivity contribution in [2.75, 3.05) is 7.11 Å². The maximum Gasteiger partial charge on any atom is 0.156 e. The summed E-state index contributed by atoms with van der Waals surface area (Å²) in [5.74, 6) is 0. The van der Waals surface area contributed by atoms with Crippen LogP contribution in [0.4, 0.5) is 0 Å². The lowest BCUT2D eigenvalue weighted by Gasteiger charge is -2.51. The molecular formula is C8H16NO5-. The molecule has 1 heterocycles. The van der Waals surface area contributed by atoms with Gasteiger partial charge in [-0.15, -0.1) is 0 Å². The number of methoxy groups -OCH3 is 1. The summed E-state index contributed by atoms with van der Waals surface area (Å²) < 4.78 is 10.2. The summed E-state index contributed by atoms with van der Waals surface area (Å²) in [6.45, 7) is 3.20. The van der Waals surface area contributed by atoms with Gasteiger partial charge in [0, 0.05) is 13.5 Å². The Morgan fingerprint density at radius 2 is 2.21 bits per heavy atom. The Kier molecular flexibility index (Phi) is 3.46. The smallest absolute Gasteiger partial charge is 0.156 e. The number of hydrogen-bond acceptors (Lipinski definition) is 6. The highest BCUT2D eigenvalue weighted by molar-refractivity contribution is 4.97. The zero-order chi connectivity index (χ0) is 10.9. The third-order valence-corrected chi connectivity index (χ3v) is 2.69. The van der Waals surface area contributed by atoms with E-state index in [2.05, 4.69) is 0 Å². The standard InChI is InChI=1S/C8H16NO5/c1-5-7(13-3)8(2,9(11)12)4-6(10)14-5/h5-7,10-11H,4H2,1-3H3/q-1. The van der Waals surface area contributed by atoms with E-state index in [4.69, 9.17) is 14.7 Å². The average molecular weight is 206 g/mol. The summed E-state index contributed by atoms with van der Waals surface area (Å²) in [6.07, 6.45) is -2.06. The van der Waals surface area contributed by atoms with Crippen LogP contribution < -0.4 is 0 Å². The lowest BCUT2D eigenvalue weighted by atomic mass is 9.85. The van der Waals surface area contributed by atoms with E-state index in [1.807, 2.05) is 0 Å². The highest BCUT2D eigenvalue weighted by Gasteiger charge is 2.46. The largest absolute Gasteiger partial charge is 0.762 e. The molecule has 4 unspecified atom stereocenters. The SMILES string of the molecule is COC1C(C)OC(O)CC1(C)N([O-])O. The summed E-state index contributed by atoms with van der Waals surface area (Å²) in [7, 11) is 1.43. The Bertz CT molecular complexity index is 200. The molecule has 2 N–H and O–H groups in total. The van der Waals surface area contributed by atoms with Crippen molar-refractivity contribution in [3.05, 3.63) is 5.21 Å². The molecule has 14 heavy (non-hydrogen) atoms. The van der Waals surface area contributed by atoms with Crippen LogP contribution in [0, 0.1) is 5.21 Å². The van der Waals surface area contributed by atoms with Gasteiger partial charge >= 0.3 is 0 Å². The minimum Gasteiger partial charge on any atom is -0.762 e. The van der Waals surface area contributed by atoms with Crippen LogP contribution in [-0.4, -0.2) is 46.7 Å². The van der Waals surface area contributed by atoms with Gasteiger partial charge in [-0.3, -0.25) is 5.23 Å². The molecule has 1 saturated heterocycles. The van der Waals surface area contributed by atoms with Crippen LogP contribution in [0.15, 0.2) is 0 Å². The normalized spacial score (nSPS) is 44.4. The first-order valence-electron chi connectivity index (χ1n) is 4.44. The van der Waals surface area contributed by atoms with Gasteiger partial charge in [-0.1, -0.05) is 0 Å². The van der Waals surface area contributed by atoms with Crippen molar-refractivity contribution in [3.8, 4) is 0 Å². The number of nitrogens with zero attached hydrogens (tertiary/aromatic N) is 1. The Balaban J connectivity index is 2.87. The molecule has 0 bridgehead atoms. The quantitative estimate of drug-likeness (QED) is 0.622. The van der Waals surface area contributed by atoms with Gasteiger partial charge in [-0.2, -0.15) is 0 Å². The maximum atomic E-state index is 11.0. The van der Waals surface area contributed by atoms with E-state index in [9.17, 15) is 10.3 Å². The molecule has 84 valence electrons. The van der Waals surface area contributed by atoms with E-state index >= 15 is 0 Å². The van der Waals surface area contributed by atoms with E-state index in [1.54, 1.807) is 6.92 Å². The second-order valence-electron chi connectivity index (χ2n) is 3.79. The average Bonchev–Trinajstić information content (AvgIpc) is 2.02. The van der Waals surface area contributed by atoms with Gasteiger partial charge in [-0.25, -0.2) is 0 Å². The van der Waals surface area contributed by atoms with Crippen LogP contribution in [0.5, 0.6) is 0 Å². The zero-order valence-corrected chi connectivity index (χ0v) is 8.51. The third-order valence-electron chi connectivity index (χ3n) is 2.69. The second kappa shape index (κ2) is 4.09. The minimum atomic E-state index is -1.17. The molecule has 0 aromatic carbocycles. The summed E-state index contributed by atoms with van der Waals surface area (Å²) in [4.78, 5) is 0. The predicted molar refractivity (Wildman–Crippen MR) is 47.4 cm³/mol. The Morgan fingerprint density at radius 3 is 2.64 bits per heavy atom. The molecule has 0 aromatic rings. The first-order chi connectivity index (χ1) is 6.41. The highest BCUT2D eigenvalue weighted by atomic mass is 16.8. The molecule has 6 nitrogen and oxygen atoms in total. The fourth-order valence-corrected chi connectivity index (χ4v) is 1.98. The molecule has 4 atom stereocenters. The van der Waals surface area contributed by atoms with E-state index < -0.39 is 24.0 Å². The highest BCUT2D eigenvalue weighted by Crippen LogP contribution is 2.33. The third kappa shape index (κ3) is 1.90. The number of hydroxylamine groups is 2. The summed E-state index contributed by atoms with van der Waals surface area (Å²) in [6, 6.07) is 0. The second-order valence-corrected chi connectivity index (χ2v) is 3.79. The van der Waals surface area contributed by atoms with E-state index in [-0.39, 0.29) is 11.6 Å². The van der Waals surface area contributed by atoms with Crippen molar-refractivity contribution < 1.29 is 19.8 Å². The van der Waals surface area contributed by atoms with Gasteiger partial charge in [0.25, 0.3) is 0 Å². The summed E-state index contributed by atoms with van der Waals surface area (Å²) in [5.41, 5.74) is -1.17. The van der Waals surface area contributed by atoms with Gasteiger partial charge < -0.3 is 25.0 Å². The molecule has 0 aliphatic carbocycles. The molecule has 0 saturated carbocycles. The number of hydrogen-bond donors (Lipinski definition) is 2. The van der Waals surface area contributed by atoms with E-state index in [1.165, 1.54) is 14.0 Å². The van der Waals surface area contributed by atoms with Crippen molar-refractivity contribution in [1.29, 1.82) is 0 Å². The van der Waals surface area contributed by atoms with Gasteiger partial charge in [0.2, 0.25) is 0 Å².